The van der Waals surface area contributed by atoms with E-state index in [9.17, 15) is 4.79 Å². The van der Waals surface area contributed by atoms with Crippen LogP contribution in [0.5, 0.6) is 0 Å². The molecule has 0 amide bonds. The van der Waals surface area contributed by atoms with Crippen molar-refractivity contribution in [3.05, 3.63) is 47.9 Å². The van der Waals surface area contributed by atoms with Gasteiger partial charge in [-0.25, -0.2) is 0 Å². The van der Waals surface area contributed by atoms with E-state index in [0.29, 0.717) is 11.3 Å². The lowest BCUT2D eigenvalue weighted by Gasteiger charge is -2.15. The molecule has 4 heteroatoms. The molecule has 4 nitrogen and oxygen atoms in total. The van der Waals surface area contributed by atoms with Crippen molar-refractivity contribution in [2.24, 2.45) is 0 Å². The lowest BCUT2D eigenvalue weighted by molar-refractivity contribution is 0.101. The predicted octanol–water partition coefficient (Wildman–Crippen LogP) is 3.50. The van der Waals surface area contributed by atoms with Gasteiger partial charge in [0.25, 0.3) is 0 Å². The highest BCUT2D eigenvalue weighted by Gasteiger charge is 2.08. The Hall–Kier alpha value is -2.23. The zero-order chi connectivity index (χ0) is 14.5. The summed E-state index contributed by atoms with van der Waals surface area (Å²) < 4.78 is 5.31. The Morgan fingerprint density at radius 3 is 2.85 bits per heavy atom. The summed E-state index contributed by atoms with van der Waals surface area (Å²) in [4.78, 5) is 11.5. The summed E-state index contributed by atoms with van der Waals surface area (Å²) in [7, 11) is 0. The Morgan fingerprint density at radius 2 is 2.20 bits per heavy atom. The Bertz CT molecular complexity index is 576. The van der Waals surface area contributed by atoms with E-state index >= 15 is 0 Å². The SMILES string of the molecule is CC(=O)c1cc(NC(C)CCc2ccco2)ccc1N. The second kappa shape index (κ2) is 6.28. The number of nitrogens with two attached hydrogens (primary N) is 1. The van der Waals surface area contributed by atoms with Gasteiger partial charge in [-0.15, -0.1) is 0 Å². The second-order valence-corrected chi connectivity index (χ2v) is 5.02. The molecule has 0 saturated carbocycles. The largest absolute Gasteiger partial charge is 0.469 e. The fourth-order valence-corrected chi connectivity index (χ4v) is 2.12. The van der Waals surface area contributed by atoms with Gasteiger partial charge in [0.05, 0.1) is 6.26 Å². The van der Waals surface area contributed by atoms with Gasteiger partial charge in [-0.1, -0.05) is 0 Å². The summed E-state index contributed by atoms with van der Waals surface area (Å²) in [5.41, 5.74) is 7.78. The second-order valence-electron chi connectivity index (χ2n) is 5.02. The molecule has 0 aliphatic rings. The van der Waals surface area contributed by atoms with Crippen molar-refractivity contribution in [1.82, 2.24) is 0 Å². The van der Waals surface area contributed by atoms with Crippen LogP contribution in [0.2, 0.25) is 0 Å². The lowest BCUT2D eigenvalue weighted by atomic mass is 10.1. The molecule has 1 aromatic heterocycles. The summed E-state index contributed by atoms with van der Waals surface area (Å²) in [6.07, 6.45) is 3.52. The summed E-state index contributed by atoms with van der Waals surface area (Å²) in [5, 5.41) is 3.38. The minimum atomic E-state index is -0.0191. The van der Waals surface area contributed by atoms with Crippen LogP contribution < -0.4 is 11.1 Å². The zero-order valence-corrected chi connectivity index (χ0v) is 11.8. The van der Waals surface area contributed by atoms with E-state index in [1.54, 1.807) is 18.4 Å². The third-order valence-corrected chi connectivity index (χ3v) is 3.25. The first-order valence-corrected chi connectivity index (χ1v) is 6.75. The molecule has 0 fully saturated rings. The van der Waals surface area contributed by atoms with Gasteiger partial charge in [-0.05, 0) is 50.6 Å². The maximum absolute atomic E-state index is 11.5. The first kappa shape index (κ1) is 14.2. The van der Waals surface area contributed by atoms with Crippen LogP contribution >= 0.6 is 0 Å². The zero-order valence-electron chi connectivity index (χ0n) is 11.8. The van der Waals surface area contributed by atoms with Crippen LogP contribution in [0.1, 0.15) is 36.4 Å². The molecular formula is C16H20N2O2. The van der Waals surface area contributed by atoms with Gasteiger partial charge >= 0.3 is 0 Å². The Kier molecular flexibility index (Phi) is 4.45. The number of hydrogen-bond donors (Lipinski definition) is 2. The molecule has 20 heavy (non-hydrogen) atoms. The number of rotatable bonds is 6. The standard InChI is InChI=1S/C16H20N2O2/c1-11(5-7-14-4-3-9-20-14)18-13-6-8-16(17)15(10-13)12(2)19/h3-4,6,8-11,18H,5,7,17H2,1-2H3. The van der Waals surface area contributed by atoms with Crippen LogP contribution in [-0.2, 0) is 6.42 Å². The highest BCUT2D eigenvalue weighted by atomic mass is 16.3. The molecule has 0 saturated heterocycles. The Balaban J connectivity index is 1.95. The number of nitrogens with one attached hydrogen (secondary N) is 1. The summed E-state index contributed by atoms with van der Waals surface area (Å²) >= 11 is 0. The third kappa shape index (κ3) is 3.63. The molecular weight excluding hydrogens is 252 g/mol. The molecule has 106 valence electrons. The molecule has 0 spiro atoms. The van der Waals surface area contributed by atoms with Crippen molar-refractivity contribution < 1.29 is 9.21 Å². The van der Waals surface area contributed by atoms with E-state index < -0.39 is 0 Å². The van der Waals surface area contributed by atoms with Gasteiger partial charge in [0.15, 0.2) is 5.78 Å². The van der Waals surface area contributed by atoms with Crippen molar-refractivity contribution in [3.8, 4) is 0 Å². The van der Waals surface area contributed by atoms with Gasteiger partial charge in [0.2, 0.25) is 0 Å². The number of furan rings is 1. The van der Waals surface area contributed by atoms with Gasteiger partial charge in [0, 0.05) is 29.4 Å². The topological polar surface area (TPSA) is 68.3 Å². The summed E-state index contributed by atoms with van der Waals surface area (Å²) in [5.74, 6) is 0.967. The number of aryl methyl sites for hydroxylation is 1. The first-order chi connectivity index (χ1) is 9.56. The van der Waals surface area contributed by atoms with E-state index in [0.717, 1.165) is 24.3 Å². The maximum Gasteiger partial charge on any atom is 0.161 e. The van der Waals surface area contributed by atoms with Crippen molar-refractivity contribution in [1.29, 1.82) is 0 Å². The Labute approximate surface area is 119 Å². The van der Waals surface area contributed by atoms with E-state index in [4.69, 9.17) is 10.2 Å². The minimum absolute atomic E-state index is 0.0191. The number of nitrogen functional groups attached to an aromatic ring is 1. The van der Waals surface area contributed by atoms with Crippen LogP contribution in [0, 0.1) is 0 Å². The molecule has 0 aliphatic heterocycles. The summed E-state index contributed by atoms with van der Waals surface area (Å²) in [6, 6.07) is 9.62. The first-order valence-electron chi connectivity index (χ1n) is 6.75. The highest BCUT2D eigenvalue weighted by Crippen LogP contribution is 2.20. The fourth-order valence-electron chi connectivity index (χ4n) is 2.12. The smallest absolute Gasteiger partial charge is 0.161 e. The number of hydrogen-bond acceptors (Lipinski definition) is 4. The number of benzene rings is 1. The van der Waals surface area contributed by atoms with Crippen LogP contribution in [0.15, 0.2) is 41.0 Å². The van der Waals surface area contributed by atoms with Gasteiger partial charge in [-0.3, -0.25) is 4.79 Å². The van der Waals surface area contributed by atoms with E-state index in [1.807, 2.05) is 18.2 Å². The number of carbonyl (C=O) groups excluding carboxylic acids is 1. The number of ketones is 1. The molecule has 1 atom stereocenters. The van der Waals surface area contributed by atoms with Crippen LogP contribution in [0.3, 0.4) is 0 Å². The Morgan fingerprint density at radius 1 is 1.40 bits per heavy atom. The van der Waals surface area contributed by atoms with E-state index in [-0.39, 0.29) is 11.8 Å². The number of Topliss-reactive ketones (excluding diaryl/α,β-unsaturated/α-hetero) is 1. The summed E-state index contributed by atoms with van der Waals surface area (Å²) in [6.45, 7) is 3.63. The lowest BCUT2D eigenvalue weighted by Crippen LogP contribution is -2.16. The van der Waals surface area contributed by atoms with E-state index in [2.05, 4.69) is 12.2 Å². The van der Waals surface area contributed by atoms with Gasteiger partial charge < -0.3 is 15.5 Å². The highest BCUT2D eigenvalue weighted by molar-refractivity contribution is 6.00. The third-order valence-electron chi connectivity index (χ3n) is 3.25. The van der Waals surface area contributed by atoms with Gasteiger partial charge in [-0.2, -0.15) is 0 Å². The molecule has 2 rings (SSSR count). The molecule has 0 radical (unpaired) electrons. The van der Waals surface area contributed by atoms with Gasteiger partial charge in [0.1, 0.15) is 5.76 Å². The van der Waals surface area contributed by atoms with Crippen molar-refractivity contribution >= 4 is 17.2 Å². The minimum Gasteiger partial charge on any atom is -0.469 e. The molecule has 1 aromatic carbocycles. The molecule has 2 aromatic rings. The molecule has 3 N–H and O–H groups in total. The average Bonchev–Trinajstić information content (AvgIpc) is 2.91. The van der Waals surface area contributed by atoms with Crippen LogP contribution in [-0.4, -0.2) is 11.8 Å². The van der Waals surface area contributed by atoms with Crippen molar-refractivity contribution in [2.45, 2.75) is 32.7 Å². The van der Waals surface area contributed by atoms with E-state index in [1.165, 1.54) is 6.92 Å². The number of anilines is 2. The van der Waals surface area contributed by atoms with Crippen molar-refractivity contribution in [3.63, 3.8) is 0 Å². The molecule has 1 heterocycles. The molecule has 0 aliphatic carbocycles. The average molecular weight is 272 g/mol. The number of carbonyl (C=O) groups is 1. The maximum atomic E-state index is 11.5. The van der Waals surface area contributed by atoms with Crippen LogP contribution in [0.25, 0.3) is 0 Å². The molecule has 1 unspecified atom stereocenters. The quantitative estimate of drug-likeness (QED) is 0.624. The van der Waals surface area contributed by atoms with Crippen molar-refractivity contribution in [2.75, 3.05) is 11.1 Å². The van der Waals surface area contributed by atoms with Crippen LogP contribution in [0.4, 0.5) is 11.4 Å². The normalized spacial score (nSPS) is 12.1. The fraction of sp³-hybridized carbons (Fsp3) is 0.312. The predicted molar refractivity (Wildman–Crippen MR) is 81.0 cm³/mol. The molecule has 0 bridgehead atoms. The monoisotopic (exact) mass is 272 g/mol.